The number of benzene rings is 2. The number of thioether (sulfide) groups is 1. The standard InChI is InChI=1S/C23H27NO2S/c1-22(2,3)24-16-23(4,20(25)17-11-7-5-8-12-17)19(21(24)26)15-27-18-13-9-6-10-14-18/h5-15,20,25H,16H2,1-4H3/b19-15-. The van der Waals surface area contributed by atoms with Crippen molar-refractivity contribution in [3.63, 3.8) is 0 Å². The summed E-state index contributed by atoms with van der Waals surface area (Å²) >= 11 is 1.53. The van der Waals surface area contributed by atoms with Gasteiger partial charge in [-0.3, -0.25) is 4.79 Å². The van der Waals surface area contributed by atoms with Gasteiger partial charge < -0.3 is 10.0 Å². The Labute approximate surface area is 166 Å². The van der Waals surface area contributed by atoms with E-state index in [0.717, 1.165) is 10.5 Å². The minimum absolute atomic E-state index is 0.00316. The lowest BCUT2D eigenvalue weighted by molar-refractivity contribution is -0.128. The highest BCUT2D eigenvalue weighted by atomic mass is 32.2. The third-order valence-corrected chi connectivity index (χ3v) is 6.06. The van der Waals surface area contributed by atoms with E-state index in [2.05, 4.69) is 0 Å². The van der Waals surface area contributed by atoms with E-state index < -0.39 is 11.5 Å². The van der Waals surface area contributed by atoms with E-state index in [0.29, 0.717) is 12.1 Å². The van der Waals surface area contributed by atoms with E-state index in [9.17, 15) is 9.90 Å². The number of likely N-dealkylation sites (tertiary alicyclic amines) is 1. The second-order valence-electron chi connectivity index (χ2n) is 8.26. The van der Waals surface area contributed by atoms with Gasteiger partial charge in [-0.15, -0.1) is 0 Å². The van der Waals surface area contributed by atoms with Crippen LogP contribution in [-0.2, 0) is 4.79 Å². The zero-order valence-electron chi connectivity index (χ0n) is 16.3. The first kappa shape index (κ1) is 19.7. The van der Waals surface area contributed by atoms with Gasteiger partial charge in [0.25, 0.3) is 5.91 Å². The molecule has 0 radical (unpaired) electrons. The fraction of sp³-hybridized carbons (Fsp3) is 0.348. The van der Waals surface area contributed by atoms with Crippen molar-refractivity contribution in [2.45, 2.75) is 44.2 Å². The molecule has 0 spiro atoms. The van der Waals surface area contributed by atoms with Crippen LogP contribution in [0.15, 0.2) is 76.5 Å². The molecule has 2 aromatic rings. The molecule has 1 fully saturated rings. The van der Waals surface area contributed by atoms with Crippen LogP contribution in [0.25, 0.3) is 0 Å². The molecule has 1 aliphatic heterocycles. The Bertz CT molecular complexity index is 826. The largest absolute Gasteiger partial charge is 0.387 e. The van der Waals surface area contributed by atoms with Gasteiger partial charge in [0, 0.05) is 28.0 Å². The van der Waals surface area contributed by atoms with Gasteiger partial charge in [0.2, 0.25) is 0 Å². The normalized spacial score (nSPS) is 23.1. The van der Waals surface area contributed by atoms with E-state index >= 15 is 0 Å². The van der Waals surface area contributed by atoms with Crippen LogP contribution < -0.4 is 0 Å². The number of hydrogen-bond donors (Lipinski definition) is 1. The second-order valence-corrected chi connectivity index (χ2v) is 9.20. The quantitative estimate of drug-likeness (QED) is 0.595. The van der Waals surface area contributed by atoms with Crippen LogP contribution in [0.1, 0.15) is 39.4 Å². The first-order valence-electron chi connectivity index (χ1n) is 9.21. The molecule has 1 heterocycles. The number of amides is 1. The highest BCUT2D eigenvalue weighted by Crippen LogP contribution is 2.48. The molecule has 0 saturated carbocycles. The van der Waals surface area contributed by atoms with Crippen molar-refractivity contribution in [1.82, 2.24) is 4.90 Å². The Kier molecular flexibility index (Phi) is 5.50. The SMILES string of the molecule is CC1(C(O)c2ccccc2)CN(C(C)(C)C)C(=O)/C1=C/Sc1ccccc1. The molecule has 0 aliphatic carbocycles. The predicted octanol–water partition coefficient (Wildman–Crippen LogP) is 5.04. The molecule has 3 rings (SSSR count). The van der Waals surface area contributed by atoms with E-state index in [1.807, 2.05) is 98.7 Å². The lowest BCUT2D eigenvalue weighted by atomic mass is 9.77. The van der Waals surface area contributed by atoms with Crippen LogP contribution in [0.5, 0.6) is 0 Å². The number of aliphatic hydroxyl groups is 1. The first-order chi connectivity index (χ1) is 12.7. The molecule has 3 nitrogen and oxygen atoms in total. The van der Waals surface area contributed by atoms with E-state index in [4.69, 9.17) is 0 Å². The Morgan fingerprint density at radius 2 is 1.63 bits per heavy atom. The van der Waals surface area contributed by atoms with Crippen molar-refractivity contribution in [2.75, 3.05) is 6.54 Å². The summed E-state index contributed by atoms with van der Waals surface area (Å²) in [6, 6.07) is 19.6. The monoisotopic (exact) mass is 381 g/mol. The number of carbonyl (C=O) groups excluding carboxylic acids is 1. The summed E-state index contributed by atoms with van der Waals surface area (Å²) in [5.74, 6) is 0.00316. The van der Waals surface area contributed by atoms with Crippen LogP contribution in [0.4, 0.5) is 0 Å². The summed E-state index contributed by atoms with van der Waals surface area (Å²) in [7, 11) is 0. The molecular weight excluding hydrogens is 354 g/mol. The summed E-state index contributed by atoms with van der Waals surface area (Å²) in [6.45, 7) is 8.59. The van der Waals surface area contributed by atoms with Gasteiger partial charge in [-0.25, -0.2) is 0 Å². The number of aliphatic hydroxyl groups excluding tert-OH is 1. The van der Waals surface area contributed by atoms with Gasteiger partial charge >= 0.3 is 0 Å². The van der Waals surface area contributed by atoms with E-state index in [-0.39, 0.29) is 11.4 Å². The number of carbonyl (C=O) groups is 1. The third-order valence-electron chi connectivity index (χ3n) is 5.16. The molecule has 2 aromatic carbocycles. The summed E-state index contributed by atoms with van der Waals surface area (Å²) in [5.41, 5.74) is 0.525. The van der Waals surface area contributed by atoms with Gasteiger partial charge in [-0.2, -0.15) is 0 Å². The van der Waals surface area contributed by atoms with Gasteiger partial charge in [0.15, 0.2) is 0 Å². The maximum atomic E-state index is 13.3. The minimum Gasteiger partial charge on any atom is -0.387 e. The molecule has 2 unspecified atom stereocenters. The summed E-state index contributed by atoms with van der Waals surface area (Å²) in [4.78, 5) is 16.2. The molecule has 27 heavy (non-hydrogen) atoms. The Balaban J connectivity index is 2.01. The second kappa shape index (κ2) is 7.53. The Hall–Kier alpha value is -2.04. The highest BCUT2D eigenvalue weighted by Gasteiger charge is 2.52. The molecule has 1 aliphatic rings. The molecule has 0 aromatic heterocycles. The smallest absolute Gasteiger partial charge is 0.251 e. The number of nitrogens with zero attached hydrogens (tertiary/aromatic N) is 1. The van der Waals surface area contributed by atoms with Gasteiger partial charge in [-0.05, 0) is 43.9 Å². The van der Waals surface area contributed by atoms with Crippen LogP contribution in [0, 0.1) is 5.41 Å². The molecule has 4 heteroatoms. The minimum atomic E-state index is -0.752. The van der Waals surface area contributed by atoms with Crippen LogP contribution in [-0.4, -0.2) is 28.0 Å². The van der Waals surface area contributed by atoms with Crippen molar-refractivity contribution < 1.29 is 9.90 Å². The molecular formula is C23H27NO2S. The van der Waals surface area contributed by atoms with Gasteiger partial charge in [-0.1, -0.05) is 67.2 Å². The Morgan fingerprint density at radius 3 is 2.19 bits per heavy atom. The van der Waals surface area contributed by atoms with E-state index in [1.54, 1.807) is 0 Å². The van der Waals surface area contributed by atoms with Crippen molar-refractivity contribution in [2.24, 2.45) is 5.41 Å². The molecule has 2 atom stereocenters. The zero-order valence-corrected chi connectivity index (χ0v) is 17.2. The fourth-order valence-corrected chi connectivity index (χ4v) is 4.40. The third kappa shape index (κ3) is 3.97. The lowest BCUT2D eigenvalue weighted by Gasteiger charge is -2.35. The highest BCUT2D eigenvalue weighted by molar-refractivity contribution is 8.02. The topological polar surface area (TPSA) is 40.5 Å². The molecule has 1 saturated heterocycles. The summed E-state index contributed by atoms with van der Waals surface area (Å²) in [5, 5.41) is 13.1. The van der Waals surface area contributed by atoms with Gasteiger partial charge in [0.05, 0.1) is 6.10 Å². The lowest BCUT2D eigenvalue weighted by Crippen LogP contribution is -2.43. The van der Waals surface area contributed by atoms with Crippen LogP contribution >= 0.6 is 11.8 Å². The molecule has 142 valence electrons. The van der Waals surface area contributed by atoms with Crippen LogP contribution in [0.2, 0.25) is 0 Å². The predicted molar refractivity (Wildman–Crippen MR) is 111 cm³/mol. The van der Waals surface area contributed by atoms with E-state index in [1.165, 1.54) is 11.8 Å². The fourth-order valence-electron chi connectivity index (χ4n) is 3.46. The first-order valence-corrected chi connectivity index (χ1v) is 10.1. The summed E-state index contributed by atoms with van der Waals surface area (Å²) in [6.07, 6.45) is -0.752. The molecule has 1 N–H and O–H groups in total. The Morgan fingerprint density at radius 1 is 1.07 bits per heavy atom. The van der Waals surface area contributed by atoms with Crippen LogP contribution in [0.3, 0.4) is 0 Å². The van der Waals surface area contributed by atoms with Crippen molar-refractivity contribution in [3.8, 4) is 0 Å². The maximum Gasteiger partial charge on any atom is 0.251 e. The number of rotatable bonds is 4. The zero-order chi connectivity index (χ0) is 19.7. The molecule has 0 bridgehead atoms. The average Bonchev–Trinajstić information content (AvgIpc) is 2.93. The van der Waals surface area contributed by atoms with Crippen molar-refractivity contribution in [1.29, 1.82) is 0 Å². The number of hydrogen-bond acceptors (Lipinski definition) is 3. The van der Waals surface area contributed by atoms with Gasteiger partial charge in [0.1, 0.15) is 0 Å². The van der Waals surface area contributed by atoms with Crippen molar-refractivity contribution in [3.05, 3.63) is 77.2 Å². The molecule has 1 amide bonds. The maximum absolute atomic E-state index is 13.3. The average molecular weight is 382 g/mol. The van der Waals surface area contributed by atoms with Crippen molar-refractivity contribution >= 4 is 17.7 Å². The summed E-state index contributed by atoms with van der Waals surface area (Å²) < 4.78 is 0.